The number of ether oxygens (including phenoxy) is 2. The Morgan fingerprint density at radius 1 is 0.307 bits per heavy atom. The number of carbonyl (C=O) groups excluding carboxylic acids is 2. The third-order valence-corrected chi connectivity index (χ3v) is 28.5. The highest BCUT2D eigenvalue weighted by Gasteiger charge is 2.34. The van der Waals surface area contributed by atoms with Crippen molar-refractivity contribution in [2.75, 3.05) is 0 Å². The number of rotatable bonds is 20. The Balaban J connectivity index is 0.000000203. The molecule has 0 heterocycles. The van der Waals surface area contributed by atoms with Gasteiger partial charge in [-0.15, -0.1) is 0 Å². The Kier molecular flexibility index (Phi) is 40.7. The van der Waals surface area contributed by atoms with Crippen LogP contribution >= 0.6 is 0 Å². The summed E-state index contributed by atoms with van der Waals surface area (Å²) in [6.45, 7) is 16.3. The SMILES string of the molecule is C/C=C/S(=O)(=O)[O-].C=C(C)C(=O)Oc1c(F)c(F)c(S(=O)(=O)[O-])c(F)c1F.C=C(C)C(=O)Oc1ccc(S(=O)(=O)[O-])c(C)c1C.C=CS(=O)(=O)[O-].c1ccc([S+](c2ccccc2)c2ccccc2)cc1.c1ccc([S+](c2ccccc2)c2ccccc2)cc1.c1ccc([S+](c2ccccc2)c2ccccc2)cc1.c1ccc([S+](c2ccccc2)c2ccccc2)cc1. The third kappa shape index (κ3) is 32.9. The smallest absolute Gasteiger partial charge is 0.338 e. The van der Waals surface area contributed by atoms with E-state index in [0.29, 0.717) is 16.4 Å². The van der Waals surface area contributed by atoms with E-state index in [2.05, 4.69) is 388 Å². The van der Waals surface area contributed by atoms with Gasteiger partial charge in [-0.1, -0.05) is 244 Å². The van der Waals surface area contributed by atoms with E-state index in [9.17, 15) is 79.0 Å². The minimum absolute atomic E-state index is 0.0146. The zero-order valence-electron chi connectivity index (χ0n) is 69.0. The standard InChI is InChI=1S/4C18H15S.C12H14O5S.C10H6F4O5S.C3H6O3S.C2H4O3S/c4*1-4-10-16(11-5-1)19(17-12-6-2-7-13-17)18-14-8-3-9-15-18;1-7(2)12(13)17-10-5-6-11(18(14,15)16)9(4)8(10)3;1-3(2)10(15)19-8-4(11)6(13)9(20(16,17)18)7(14)5(8)12;1-2-3-7(4,5)6;1-2-6(3,4)5/h4*1-15H;5-6H,1H2,2-4H3,(H,14,15,16);1H2,2H3,(H,16,17,18);2-3H,1H3,(H,4,5,6);2H,1H2,(H,3,4,5)/q4*+1;;;;/p-4/b;;;;;;3-2+;. The number of halogens is 4. The molecule has 0 saturated carbocycles. The normalized spacial score (nSPS) is 10.9. The van der Waals surface area contributed by atoms with Crippen LogP contribution in [0.25, 0.3) is 0 Å². The lowest BCUT2D eigenvalue weighted by molar-refractivity contribution is -0.131. The van der Waals surface area contributed by atoms with Gasteiger partial charge in [0.15, 0.2) is 70.4 Å². The van der Waals surface area contributed by atoms with Gasteiger partial charge < -0.3 is 27.7 Å². The summed E-state index contributed by atoms with van der Waals surface area (Å²) in [4.78, 5) is 36.1. The van der Waals surface area contributed by atoms with E-state index in [1.165, 1.54) is 91.7 Å². The summed E-state index contributed by atoms with van der Waals surface area (Å²) in [5, 5.41) is 0.958. The maximum atomic E-state index is 13.4. The quantitative estimate of drug-likeness (QED) is 0.0130. The molecule has 0 amide bonds. The van der Waals surface area contributed by atoms with Crippen LogP contribution in [0, 0.1) is 37.1 Å². The van der Waals surface area contributed by atoms with E-state index in [1.807, 2.05) is 0 Å². The van der Waals surface area contributed by atoms with Gasteiger partial charge in [0.25, 0.3) is 0 Å². The molecule has 0 aliphatic heterocycles. The van der Waals surface area contributed by atoms with Gasteiger partial charge in [-0.25, -0.2) is 52.0 Å². The average Bonchev–Trinajstić information content (AvgIpc) is 0.765. The molecule has 0 N–H and O–H groups in total. The summed E-state index contributed by atoms with van der Waals surface area (Å²) < 4.78 is 184. The first-order valence-corrected chi connectivity index (χ1v) is 48.6. The molecule has 14 rings (SSSR count). The highest BCUT2D eigenvalue weighted by atomic mass is 32.2. The van der Waals surface area contributed by atoms with E-state index in [4.69, 9.17) is 4.74 Å². The van der Waals surface area contributed by atoms with Crippen molar-refractivity contribution in [3.63, 3.8) is 0 Å². The molecule has 0 unspecified atom stereocenters. The van der Waals surface area contributed by atoms with Crippen LogP contribution in [0.5, 0.6) is 11.5 Å². The largest absolute Gasteiger partial charge is 0.745 e. The molecule has 16 nitrogen and oxygen atoms in total. The van der Waals surface area contributed by atoms with Gasteiger partial charge in [0.2, 0.25) is 17.4 Å². The number of carbonyl (C=O) groups is 2. The molecule has 14 aromatic rings. The lowest BCUT2D eigenvalue weighted by Gasteiger charge is -2.15. The van der Waals surface area contributed by atoms with E-state index in [1.54, 1.807) is 6.92 Å². The number of esters is 2. The maximum absolute atomic E-state index is 13.4. The van der Waals surface area contributed by atoms with Gasteiger partial charge in [-0.05, 0) is 203 Å². The number of benzene rings is 14. The molecule has 127 heavy (non-hydrogen) atoms. The minimum atomic E-state index is -5.81. The van der Waals surface area contributed by atoms with Crippen LogP contribution in [-0.2, 0) is 93.6 Å². The van der Waals surface area contributed by atoms with Crippen molar-refractivity contribution in [2.24, 2.45) is 0 Å². The monoisotopic (exact) mass is 1860 g/mol. The molecule has 0 radical (unpaired) electrons. The van der Waals surface area contributed by atoms with Crippen LogP contribution in [0.15, 0.2) is 492 Å². The molecule has 0 aliphatic carbocycles. The Morgan fingerprint density at radius 2 is 0.504 bits per heavy atom. The summed E-state index contributed by atoms with van der Waals surface area (Å²) >= 11 is 0. The second kappa shape index (κ2) is 50.8. The van der Waals surface area contributed by atoms with Crippen molar-refractivity contribution in [3.8, 4) is 11.5 Å². The topological polar surface area (TPSA) is 281 Å². The summed E-state index contributed by atoms with van der Waals surface area (Å²) in [5.41, 5.74) is 0.594. The maximum Gasteiger partial charge on any atom is 0.338 e. The first-order chi connectivity index (χ1) is 60.5. The van der Waals surface area contributed by atoms with Crippen molar-refractivity contribution >= 4 is 96.0 Å². The predicted octanol–water partition coefficient (Wildman–Crippen LogP) is 22.2. The van der Waals surface area contributed by atoms with E-state index >= 15 is 0 Å². The molecule has 0 fully saturated rings. The second-order valence-corrected chi connectivity index (χ2v) is 39.4. The van der Waals surface area contributed by atoms with Crippen LogP contribution in [0.3, 0.4) is 0 Å². The van der Waals surface area contributed by atoms with Crippen LogP contribution < -0.4 is 9.47 Å². The molecule has 0 bridgehead atoms. The molecule has 654 valence electrons. The van der Waals surface area contributed by atoms with E-state index < -0.39 is 86.3 Å². The summed E-state index contributed by atoms with van der Waals surface area (Å²) in [6, 6.07) is 131. The molecule has 14 aromatic carbocycles. The second-order valence-electron chi connectivity index (χ2n) is 26.1. The van der Waals surface area contributed by atoms with Gasteiger partial charge >= 0.3 is 11.9 Å². The summed E-state index contributed by atoms with van der Waals surface area (Å²) in [6.07, 6.45) is 1.18. The molecular weight excluding hydrogens is 1780 g/mol. The highest BCUT2D eigenvalue weighted by Crippen LogP contribution is 2.37. The number of allylic oxidation sites excluding steroid dienone is 1. The van der Waals surface area contributed by atoms with Crippen molar-refractivity contribution in [3.05, 3.63) is 458 Å². The zero-order valence-corrected chi connectivity index (χ0v) is 75.5. The summed E-state index contributed by atoms with van der Waals surface area (Å²) in [7, 11) is -18.6. The molecule has 0 atom stereocenters. The molecular formula is C99H86F4O16S8. The van der Waals surface area contributed by atoms with Crippen molar-refractivity contribution in [1.82, 2.24) is 0 Å². The number of hydrogen-bond donors (Lipinski definition) is 0. The van der Waals surface area contributed by atoms with Crippen molar-refractivity contribution in [2.45, 2.75) is 103 Å². The van der Waals surface area contributed by atoms with Crippen LogP contribution in [-0.4, -0.2) is 63.8 Å². The van der Waals surface area contributed by atoms with Crippen LogP contribution in [0.4, 0.5) is 17.6 Å². The lowest BCUT2D eigenvalue weighted by Crippen LogP contribution is -2.16. The van der Waals surface area contributed by atoms with Gasteiger partial charge in [-0.3, -0.25) is 0 Å². The molecule has 28 heteroatoms. The van der Waals surface area contributed by atoms with Gasteiger partial charge in [0.1, 0.15) is 51.1 Å². The summed E-state index contributed by atoms with van der Waals surface area (Å²) in [5.74, 6) is -13.2. The minimum Gasteiger partial charge on any atom is -0.745 e. The van der Waals surface area contributed by atoms with Crippen LogP contribution in [0.2, 0.25) is 0 Å². The van der Waals surface area contributed by atoms with Gasteiger partial charge in [0, 0.05) is 22.0 Å². The van der Waals surface area contributed by atoms with Gasteiger partial charge in [0.05, 0.1) is 48.5 Å². The Morgan fingerprint density at radius 3 is 0.654 bits per heavy atom. The van der Waals surface area contributed by atoms with Gasteiger partial charge in [-0.2, -0.15) is 8.78 Å². The fraction of sp³-hybridized carbons (Fsp3) is 0.0505. The fourth-order valence-electron chi connectivity index (χ4n) is 10.9. The zero-order chi connectivity index (χ0) is 92.7. The molecule has 0 aliphatic rings. The molecule has 0 aromatic heterocycles. The van der Waals surface area contributed by atoms with E-state index in [0.717, 1.165) is 13.0 Å². The first kappa shape index (κ1) is 102. The Labute approximate surface area is 751 Å². The van der Waals surface area contributed by atoms with Crippen molar-refractivity contribution < 1.29 is 88.5 Å². The third-order valence-electron chi connectivity index (χ3n) is 16.7. The Hall–Kier alpha value is -12.3. The highest BCUT2D eigenvalue weighted by molar-refractivity contribution is 7.98. The average molecular weight is 1860 g/mol. The fourth-order valence-corrected chi connectivity index (χ4v) is 21.0. The van der Waals surface area contributed by atoms with E-state index in [-0.39, 0.29) is 70.9 Å². The first-order valence-electron chi connectivity index (χ1n) is 37.9. The van der Waals surface area contributed by atoms with Crippen LogP contribution in [0.1, 0.15) is 31.9 Å². The predicted molar refractivity (Wildman–Crippen MR) is 489 cm³/mol. The van der Waals surface area contributed by atoms with Crippen molar-refractivity contribution in [1.29, 1.82) is 0 Å². The molecule has 0 spiro atoms. The molecule has 0 saturated heterocycles. The number of hydrogen-bond acceptors (Lipinski definition) is 16. The lowest BCUT2D eigenvalue weighted by atomic mass is 10.1. The Bertz CT molecular complexity index is 5500.